The van der Waals surface area contributed by atoms with Crippen molar-refractivity contribution in [2.24, 2.45) is 5.92 Å². The third kappa shape index (κ3) is 3.20. The SMILES string of the molecule is Cc1cc(C)n([C@@H]2CCCN(C(=O)[C@H]3C[C@H]3c3cccc(F)c3)C2)n1. The summed E-state index contributed by atoms with van der Waals surface area (Å²) >= 11 is 0. The predicted octanol–water partition coefficient (Wildman–Crippen LogP) is 3.61. The van der Waals surface area contributed by atoms with E-state index in [-0.39, 0.29) is 29.6 Å². The maximum atomic E-state index is 13.4. The Hall–Kier alpha value is -2.17. The van der Waals surface area contributed by atoms with Crippen LogP contribution in [0.4, 0.5) is 4.39 Å². The topological polar surface area (TPSA) is 38.1 Å². The first-order valence-electron chi connectivity index (χ1n) is 9.10. The van der Waals surface area contributed by atoms with Crippen LogP contribution in [0, 0.1) is 25.6 Å². The molecular formula is C20H24FN3O. The number of rotatable bonds is 3. The zero-order valence-electron chi connectivity index (χ0n) is 14.8. The number of amides is 1. The van der Waals surface area contributed by atoms with Crippen LogP contribution >= 0.6 is 0 Å². The lowest BCUT2D eigenvalue weighted by molar-refractivity contribution is -0.134. The van der Waals surface area contributed by atoms with Gasteiger partial charge in [-0.05, 0) is 62.8 Å². The van der Waals surface area contributed by atoms with Crippen molar-refractivity contribution in [3.05, 3.63) is 53.1 Å². The van der Waals surface area contributed by atoms with Crippen LogP contribution in [0.3, 0.4) is 0 Å². The molecule has 5 heteroatoms. The largest absolute Gasteiger partial charge is 0.340 e. The normalized spacial score (nSPS) is 25.9. The second kappa shape index (κ2) is 6.28. The van der Waals surface area contributed by atoms with Gasteiger partial charge in [-0.2, -0.15) is 5.10 Å². The Morgan fingerprint density at radius 1 is 1.28 bits per heavy atom. The highest BCUT2D eigenvalue weighted by Gasteiger charge is 2.46. The monoisotopic (exact) mass is 341 g/mol. The molecule has 2 heterocycles. The van der Waals surface area contributed by atoms with E-state index in [1.807, 2.05) is 17.9 Å². The molecule has 1 aliphatic carbocycles. The Morgan fingerprint density at radius 2 is 2.12 bits per heavy atom. The van der Waals surface area contributed by atoms with Gasteiger partial charge in [-0.1, -0.05) is 12.1 Å². The van der Waals surface area contributed by atoms with Crippen LogP contribution < -0.4 is 0 Å². The molecular weight excluding hydrogens is 317 g/mol. The van der Waals surface area contributed by atoms with E-state index >= 15 is 0 Å². The maximum absolute atomic E-state index is 13.4. The summed E-state index contributed by atoms with van der Waals surface area (Å²) in [7, 11) is 0. The lowest BCUT2D eigenvalue weighted by atomic mass is 10.0. The Labute approximate surface area is 147 Å². The van der Waals surface area contributed by atoms with Gasteiger partial charge in [0.25, 0.3) is 0 Å². The minimum atomic E-state index is -0.224. The first-order chi connectivity index (χ1) is 12.0. The second-order valence-corrected chi connectivity index (χ2v) is 7.46. The van der Waals surface area contributed by atoms with Gasteiger partial charge in [-0.3, -0.25) is 9.48 Å². The van der Waals surface area contributed by atoms with E-state index in [1.54, 1.807) is 12.1 Å². The Bertz CT molecular complexity index is 800. The van der Waals surface area contributed by atoms with Crippen molar-refractivity contribution in [2.45, 2.75) is 45.1 Å². The van der Waals surface area contributed by atoms with Gasteiger partial charge in [-0.15, -0.1) is 0 Å². The quantitative estimate of drug-likeness (QED) is 0.855. The van der Waals surface area contributed by atoms with Gasteiger partial charge >= 0.3 is 0 Å². The van der Waals surface area contributed by atoms with Crippen molar-refractivity contribution >= 4 is 5.91 Å². The molecule has 25 heavy (non-hydrogen) atoms. The second-order valence-electron chi connectivity index (χ2n) is 7.46. The van der Waals surface area contributed by atoms with Gasteiger partial charge in [0, 0.05) is 24.7 Å². The summed E-state index contributed by atoms with van der Waals surface area (Å²) in [6, 6.07) is 9.01. The Morgan fingerprint density at radius 3 is 2.84 bits per heavy atom. The van der Waals surface area contributed by atoms with Crippen LogP contribution in [-0.4, -0.2) is 33.7 Å². The number of benzene rings is 1. The molecule has 0 bridgehead atoms. The van der Waals surface area contributed by atoms with Crippen molar-refractivity contribution in [3.8, 4) is 0 Å². The molecule has 0 spiro atoms. The third-order valence-electron chi connectivity index (χ3n) is 5.48. The summed E-state index contributed by atoms with van der Waals surface area (Å²) < 4.78 is 15.5. The van der Waals surface area contributed by atoms with Crippen LogP contribution in [0.2, 0.25) is 0 Å². The van der Waals surface area contributed by atoms with Gasteiger partial charge in [0.2, 0.25) is 5.91 Å². The fourth-order valence-electron chi connectivity index (χ4n) is 4.18. The molecule has 132 valence electrons. The number of hydrogen-bond donors (Lipinski definition) is 0. The molecule has 0 N–H and O–H groups in total. The number of aromatic nitrogens is 2. The van der Waals surface area contributed by atoms with E-state index < -0.39 is 0 Å². The molecule has 1 saturated carbocycles. The van der Waals surface area contributed by atoms with E-state index in [4.69, 9.17) is 0 Å². The molecule has 0 radical (unpaired) electrons. The zero-order valence-corrected chi connectivity index (χ0v) is 14.8. The molecule has 1 saturated heterocycles. The molecule has 2 aromatic rings. The number of nitrogens with zero attached hydrogens (tertiary/aromatic N) is 3. The highest BCUT2D eigenvalue weighted by molar-refractivity contribution is 5.83. The molecule has 1 aromatic carbocycles. The number of piperidine rings is 1. The van der Waals surface area contributed by atoms with Crippen LogP contribution in [0.15, 0.2) is 30.3 Å². The summed E-state index contributed by atoms with van der Waals surface area (Å²) in [5.41, 5.74) is 3.13. The van der Waals surface area contributed by atoms with Crippen molar-refractivity contribution in [3.63, 3.8) is 0 Å². The minimum absolute atomic E-state index is 0.0148. The standard InChI is InChI=1S/C20H24FN3O/c1-13-9-14(2)24(22-13)17-7-4-8-23(12-17)20(25)19-11-18(19)15-5-3-6-16(21)10-15/h3,5-6,9-10,17-19H,4,7-8,11-12H2,1-2H3/t17-,18+,19+/m1/s1. The molecule has 1 aromatic heterocycles. The number of halogens is 1. The number of hydrogen-bond acceptors (Lipinski definition) is 2. The number of carbonyl (C=O) groups excluding carboxylic acids is 1. The summed E-state index contributed by atoms with van der Waals surface area (Å²) in [6.45, 7) is 5.62. The molecule has 2 fully saturated rings. The minimum Gasteiger partial charge on any atom is -0.340 e. The van der Waals surface area contributed by atoms with E-state index in [0.717, 1.165) is 49.3 Å². The maximum Gasteiger partial charge on any atom is 0.226 e. The molecule has 3 atom stereocenters. The van der Waals surface area contributed by atoms with Gasteiger partial charge in [0.05, 0.1) is 11.7 Å². The van der Waals surface area contributed by atoms with Crippen LogP contribution in [0.5, 0.6) is 0 Å². The fraction of sp³-hybridized carbons (Fsp3) is 0.500. The Kier molecular flexibility index (Phi) is 4.10. The fourth-order valence-corrected chi connectivity index (χ4v) is 4.18. The lowest BCUT2D eigenvalue weighted by Gasteiger charge is -2.33. The van der Waals surface area contributed by atoms with Crippen molar-refractivity contribution in [2.75, 3.05) is 13.1 Å². The molecule has 4 nitrogen and oxygen atoms in total. The van der Waals surface area contributed by atoms with Crippen molar-refractivity contribution < 1.29 is 9.18 Å². The summed E-state index contributed by atoms with van der Waals surface area (Å²) in [4.78, 5) is 14.9. The first kappa shape index (κ1) is 16.3. The first-order valence-corrected chi connectivity index (χ1v) is 9.10. The number of carbonyl (C=O) groups is 1. The van der Waals surface area contributed by atoms with Crippen molar-refractivity contribution in [1.82, 2.24) is 14.7 Å². The molecule has 0 unspecified atom stereocenters. The summed E-state index contributed by atoms with van der Waals surface area (Å²) in [5, 5.41) is 4.60. The van der Waals surface area contributed by atoms with E-state index in [9.17, 15) is 9.18 Å². The van der Waals surface area contributed by atoms with Gasteiger partial charge < -0.3 is 4.90 Å². The van der Waals surface area contributed by atoms with E-state index in [1.165, 1.54) is 6.07 Å². The molecule has 2 aliphatic rings. The highest BCUT2D eigenvalue weighted by Crippen LogP contribution is 2.49. The van der Waals surface area contributed by atoms with Crippen LogP contribution in [0.25, 0.3) is 0 Å². The van der Waals surface area contributed by atoms with E-state index in [0.29, 0.717) is 0 Å². The predicted molar refractivity (Wildman–Crippen MR) is 93.8 cm³/mol. The van der Waals surface area contributed by atoms with Gasteiger partial charge in [-0.25, -0.2) is 4.39 Å². The average Bonchev–Trinajstić information content (AvgIpc) is 3.33. The van der Waals surface area contributed by atoms with Gasteiger partial charge in [0.15, 0.2) is 0 Å². The molecule has 1 amide bonds. The summed E-state index contributed by atoms with van der Waals surface area (Å²) in [5.74, 6) is 0.192. The zero-order chi connectivity index (χ0) is 17.6. The molecule has 1 aliphatic heterocycles. The Balaban J connectivity index is 1.43. The summed E-state index contributed by atoms with van der Waals surface area (Å²) in [6.07, 6.45) is 2.90. The van der Waals surface area contributed by atoms with Gasteiger partial charge in [0.1, 0.15) is 5.82 Å². The number of aryl methyl sites for hydroxylation is 2. The highest BCUT2D eigenvalue weighted by atomic mass is 19.1. The lowest BCUT2D eigenvalue weighted by Crippen LogP contribution is -2.42. The average molecular weight is 341 g/mol. The smallest absolute Gasteiger partial charge is 0.226 e. The van der Waals surface area contributed by atoms with Crippen LogP contribution in [0.1, 0.15) is 48.2 Å². The van der Waals surface area contributed by atoms with Crippen LogP contribution in [-0.2, 0) is 4.79 Å². The van der Waals surface area contributed by atoms with E-state index in [2.05, 4.69) is 22.8 Å². The third-order valence-corrected chi connectivity index (χ3v) is 5.48. The van der Waals surface area contributed by atoms with Crippen molar-refractivity contribution in [1.29, 1.82) is 0 Å². The molecule has 4 rings (SSSR count). The number of likely N-dealkylation sites (tertiary alicyclic amines) is 1.